The van der Waals surface area contributed by atoms with Gasteiger partial charge in [0.25, 0.3) is 0 Å². The number of rotatable bonds is 8. The summed E-state index contributed by atoms with van der Waals surface area (Å²) < 4.78 is 11.2. The lowest BCUT2D eigenvalue weighted by atomic mass is 10.0. The third-order valence-corrected chi connectivity index (χ3v) is 6.61. The maximum atomic E-state index is 13.4. The van der Waals surface area contributed by atoms with Crippen molar-refractivity contribution in [2.24, 2.45) is 0 Å². The van der Waals surface area contributed by atoms with Gasteiger partial charge in [0.2, 0.25) is 17.7 Å². The van der Waals surface area contributed by atoms with Gasteiger partial charge in [0.1, 0.15) is 24.3 Å². The Morgan fingerprint density at radius 2 is 1.61 bits per heavy atom. The van der Waals surface area contributed by atoms with Crippen LogP contribution in [0.3, 0.4) is 0 Å². The molecule has 0 saturated carbocycles. The zero-order chi connectivity index (χ0) is 24.2. The Kier molecular flexibility index (Phi) is 7.88. The summed E-state index contributed by atoms with van der Waals surface area (Å²) in [5, 5.41) is 11.8. The van der Waals surface area contributed by atoms with E-state index in [-0.39, 0.29) is 13.0 Å². The Labute approximate surface area is 190 Å². The average Bonchev–Trinajstić information content (AvgIpc) is 3.41. The van der Waals surface area contributed by atoms with E-state index in [0.29, 0.717) is 32.2 Å². The second-order valence-corrected chi connectivity index (χ2v) is 10.00. The number of aliphatic carboxylic acids is 1. The smallest absolute Gasteiger partial charge is 0.334 e. The average molecular weight is 481 g/mol. The van der Waals surface area contributed by atoms with Crippen molar-refractivity contribution < 1.29 is 38.6 Å². The maximum absolute atomic E-state index is 13.4. The SMILES string of the molecule is O=C(CP(=O)(O)O)N[C@@H](Cc1ccccc1)C(=O)N1CCC[C@H]1C(=O)N1CCC[C@H]1C(=O)O. The molecule has 2 saturated heterocycles. The number of nitrogens with zero attached hydrogens (tertiary/aromatic N) is 2. The molecule has 0 unspecified atom stereocenters. The largest absolute Gasteiger partial charge is 0.480 e. The normalized spacial score (nSPS) is 21.6. The molecule has 3 atom stereocenters. The Hall–Kier alpha value is -2.75. The van der Waals surface area contributed by atoms with Crippen LogP contribution in [0.5, 0.6) is 0 Å². The topological polar surface area (TPSA) is 165 Å². The van der Waals surface area contributed by atoms with Crippen LogP contribution in [0.15, 0.2) is 30.3 Å². The first-order valence-corrected chi connectivity index (χ1v) is 12.6. The van der Waals surface area contributed by atoms with Crippen LogP contribution in [0.4, 0.5) is 0 Å². The van der Waals surface area contributed by atoms with E-state index in [1.165, 1.54) is 9.80 Å². The number of amides is 3. The molecule has 3 amide bonds. The van der Waals surface area contributed by atoms with E-state index >= 15 is 0 Å². The maximum Gasteiger partial charge on any atom is 0.334 e. The van der Waals surface area contributed by atoms with Crippen molar-refractivity contribution in [3.63, 3.8) is 0 Å². The third kappa shape index (κ3) is 6.40. The van der Waals surface area contributed by atoms with Crippen LogP contribution < -0.4 is 5.32 Å². The number of benzene rings is 1. The second-order valence-electron chi connectivity index (χ2n) is 8.35. The molecular weight excluding hydrogens is 453 g/mol. The van der Waals surface area contributed by atoms with E-state index in [0.717, 1.165) is 5.56 Å². The van der Waals surface area contributed by atoms with Crippen molar-refractivity contribution in [3.8, 4) is 0 Å². The highest BCUT2D eigenvalue weighted by atomic mass is 31.2. The lowest BCUT2D eigenvalue weighted by molar-refractivity contribution is -0.152. The summed E-state index contributed by atoms with van der Waals surface area (Å²) in [4.78, 5) is 71.1. The molecule has 1 aromatic rings. The van der Waals surface area contributed by atoms with Crippen LogP contribution in [0.2, 0.25) is 0 Å². The lowest BCUT2D eigenvalue weighted by Crippen LogP contribution is -2.56. The molecule has 33 heavy (non-hydrogen) atoms. The van der Waals surface area contributed by atoms with E-state index in [9.17, 15) is 28.8 Å². The van der Waals surface area contributed by atoms with Gasteiger partial charge < -0.3 is 30.0 Å². The molecule has 0 aliphatic carbocycles. The zero-order valence-electron chi connectivity index (χ0n) is 18.0. The number of hydrogen-bond donors (Lipinski definition) is 4. The van der Waals surface area contributed by atoms with Gasteiger partial charge in [-0.05, 0) is 31.2 Å². The van der Waals surface area contributed by atoms with Crippen LogP contribution in [-0.4, -0.2) is 85.8 Å². The number of carbonyl (C=O) groups is 4. The molecule has 2 aliphatic heterocycles. The van der Waals surface area contributed by atoms with Crippen LogP contribution in [0.1, 0.15) is 31.2 Å². The van der Waals surface area contributed by atoms with E-state index in [1.54, 1.807) is 30.3 Å². The molecule has 0 radical (unpaired) electrons. The molecule has 180 valence electrons. The number of nitrogens with one attached hydrogen (secondary N) is 1. The summed E-state index contributed by atoms with van der Waals surface area (Å²) >= 11 is 0. The van der Waals surface area contributed by atoms with Crippen LogP contribution >= 0.6 is 7.60 Å². The van der Waals surface area contributed by atoms with Crippen LogP contribution in [0.25, 0.3) is 0 Å². The van der Waals surface area contributed by atoms with E-state index in [2.05, 4.69) is 5.32 Å². The van der Waals surface area contributed by atoms with Gasteiger partial charge in [0, 0.05) is 19.5 Å². The lowest BCUT2D eigenvalue weighted by Gasteiger charge is -2.32. The first-order chi connectivity index (χ1) is 15.6. The van der Waals surface area contributed by atoms with Gasteiger partial charge in [-0.2, -0.15) is 0 Å². The summed E-state index contributed by atoms with van der Waals surface area (Å²) in [5.74, 6) is -3.01. The highest BCUT2D eigenvalue weighted by Crippen LogP contribution is 2.33. The molecule has 0 bridgehead atoms. The highest BCUT2D eigenvalue weighted by Gasteiger charge is 2.43. The standard InChI is InChI=1S/C21H28N3O8P/c25-18(13-33(30,31)32)22-15(12-14-6-2-1-3-7-14)19(26)23-10-4-8-16(23)20(27)24-11-5-9-17(24)21(28)29/h1-3,6-7,15-17H,4-5,8-13H2,(H,22,25)(H,28,29)(H2,30,31,32)/t15-,16-,17-/m0/s1. The quantitative estimate of drug-likeness (QED) is 0.376. The van der Waals surface area contributed by atoms with Gasteiger partial charge in [-0.15, -0.1) is 0 Å². The van der Waals surface area contributed by atoms with Gasteiger partial charge in [0.15, 0.2) is 0 Å². The zero-order valence-corrected chi connectivity index (χ0v) is 18.9. The second kappa shape index (κ2) is 10.5. The summed E-state index contributed by atoms with van der Waals surface area (Å²) in [6, 6.07) is 5.93. The van der Waals surface area contributed by atoms with Crippen molar-refractivity contribution >= 4 is 31.3 Å². The summed E-state index contributed by atoms with van der Waals surface area (Å²) in [6.45, 7) is 0.571. The van der Waals surface area contributed by atoms with E-state index in [4.69, 9.17) is 9.79 Å². The molecule has 12 heteroatoms. The molecule has 2 aliphatic rings. The number of carbonyl (C=O) groups excluding carboxylic acids is 3. The fourth-order valence-electron chi connectivity index (χ4n) is 4.44. The number of likely N-dealkylation sites (tertiary alicyclic amines) is 2. The predicted molar refractivity (Wildman–Crippen MR) is 116 cm³/mol. The van der Waals surface area contributed by atoms with Crippen molar-refractivity contribution in [1.82, 2.24) is 15.1 Å². The molecule has 11 nitrogen and oxygen atoms in total. The first-order valence-electron chi connectivity index (χ1n) is 10.8. The third-order valence-electron chi connectivity index (χ3n) is 5.91. The number of hydrogen-bond acceptors (Lipinski definition) is 5. The molecule has 2 fully saturated rings. The minimum atomic E-state index is -4.63. The Balaban J connectivity index is 1.79. The molecule has 2 heterocycles. The van der Waals surface area contributed by atoms with Gasteiger partial charge >= 0.3 is 13.6 Å². The van der Waals surface area contributed by atoms with Crippen molar-refractivity contribution in [1.29, 1.82) is 0 Å². The van der Waals surface area contributed by atoms with Gasteiger partial charge in [-0.25, -0.2) is 4.79 Å². The summed E-state index contributed by atoms with van der Waals surface area (Å²) in [5.41, 5.74) is 0.722. The minimum absolute atomic E-state index is 0.0748. The predicted octanol–water partition coefficient (Wildman–Crippen LogP) is -0.0418. The van der Waals surface area contributed by atoms with Crippen molar-refractivity contribution in [2.75, 3.05) is 19.3 Å². The number of carboxylic acids is 1. The Bertz CT molecular complexity index is 950. The molecule has 0 spiro atoms. The van der Waals surface area contributed by atoms with Crippen LogP contribution in [0, 0.1) is 0 Å². The Morgan fingerprint density at radius 3 is 2.21 bits per heavy atom. The minimum Gasteiger partial charge on any atom is -0.480 e. The fourth-order valence-corrected chi connectivity index (χ4v) is 4.91. The molecule has 1 aromatic carbocycles. The Morgan fingerprint density at radius 1 is 1.00 bits per heavy atom. The van der Waals surface area contributed by atoms with Crippen molar-refractivity contribution in [2.45, 2.75) is 50.2 Å². The van der Waals surface area contributed by atoms with E-state index < -0.39 is 55.6 Å². The summed E-state index contributed by atoms with van der Waals surface area (Å²) in [7, 11) is -4.63. The molecule has 3 rings (SSSR count). The monoisotopic (exact) mass is 481 g/mol. The van der Waals surface area contributed by atoms with Gasteiger partial charge in [0.05, 0.1) is 0 Å². The van der Waals surface area contributed by atoms with E-state index in [1.807, 2.05) is 0 Å². The first kappa shape index (κ1) is 24.9. The number of carboxylic acid groups (broad SMARTS) is 1. The molecule has 0 aromatic heterocycles. The molecular formula is C21H28N3O8P. The van der Waals surface area contributed by atoms with Crippen molar-refractivity contribution in [3.05, 3.63) is 35.9 Å². The van der Waals surface area contributed by atoms with Gasteiger partial charge in [-0.3, -0.25) is 18.9 Å². The molecule has 4 N–H and O–H groups in total. The van der Waals surface area contributed by atoms with Gasteiger partial charge in [-0.1, -0.05) is 30.3 Å². The van der Waals surface area contributed by atoms with Crippen LogP contribution in [-0.2, 0) is 30.2 Å². The summed E-state index contributed by atoms with van der Waals surface area (Å²) in [6.07, 6.45) is 0.868. The fraction of sp³-hybridized carbons (Fsp3) is 0.524. The highest BCUT2D eigenvalue weighted by molar-refractivity contribution is 7.52.